The quantitative estimate of drug-likeness (QED) is 0.543. The lowest BCUT2D eigenvalue weighted by Crippen LogP contribution is -2.32. The number of ether oxygens (including phenoxy) is 1. The summed E-state index contributed by atoms with van der Waals surface area (Å²) in [6, 6.07) is 7.26. The number of carbonyl (C=O) groups is 1. The number of Topliss-reactive ketones (excluding diaryl/α,β-unsaturated/α-hetero) is 1. The summed E-state index contributed by atoms with van der Waals surface area (Å²) in [5.41, 5.74) is 3.05. The van der Waals surface area contributed by atoms with Crippen LogP contribution in [0.4, 0.5) is 0 Å². The molecule has 2 aliphatic carbocycles. The largest absolute Gasteiger partial charge is 0.494 e. The molecule has 4 rings (SSSR count). The van der Waals surface area contributed by atoms with Crippen molar-refractivity contribution in [2.24, 2.45) is 5.41 Å². The minimum atomic E-state index is 0.0529. The van der Waals surface area contributed by atoms with Crippen LogP contribution in [0.2, 0.25) is 0 Å². The molecular formula is C21H25N3O2S. The van der Waals surface area contributed by atoms with Gasteiger partial charge in [-0.05, 0) is 49.4 Å². The van der Waals surface area contributed by atoms with Crippen molar-refractivity contribution in [3.05, 3.63) is 41.2 Å². The number of carbonyl (C=O) groups excluding carboxylic acids is 1. The molecule has 5 nitrogen and oxygen atoms in total. The lowest BCUT2D eigenvalue weighted by atomic mass is 9.70. The molecule has 1 fully saturated rings. The second kappa shape index (κ2) is 6.59. The van der Waals surface area contributed by atoms with E-state index in [1.165, 1.54) is 11.8 Å². The van der Waals surface area contributed by atoms with E-state index in [4.69, 9.17) is 9.72 Å². The minimum Gasteiger partial charge on any atom is -0.494 e. The number of rotatable bonds is 6. The Morgan fingerprint density at radius 3 is 2.67 bits per heavy atom. The summed E-state index contributed by atoms with van der Waals surface area (Å²) in [5, 5.41) is 9.40. The average molecular weight is 384 g/mol. The lowest BCUT2D eigenvalue weighted by Gasteiger charge is -2.33. The Labute approximate surface area is 164 Å². The van der Waals surface area contributed by atoms with Gasteiger partial charge in [0.15, 0.2) is 5.78 Å². The maximum atomic E-state index is 12.5. The molecule has 1 aromatic heterocycles. The predicted octanol–water partition coefficient (Wildman–Crippen LogP) is 4.42. The van der Waals surface area contributed by atoms with Gasteiger partial charge in [-0.3, -0.25) is 4.79 Å². The topological polar surface area (TPSA) is 65.0 Å². The summed E-state index contributed by atoms with van der Waals surface area (Å²) in [7, 11) is 0. The minimum absolute atomic E-state index is 0.0529. The van der Waals surface area contributed by atoms with Crippen LogP contribution in [0.1, 0.15) is 68.2 Å². The average Bonchev–Trinajstić information content (AvgIpc) is 2.99. The van der Waals surface area contributed by atoms with Gasteiger partial charge in [-0.1, -0.05) is 32.5 Å². The summed E-state index contributed by atoms with van der Waals surface area (Å²) in [6.45, 7) is 9.48. The van der Waals surface area contributed by atoms with Crippen molar-refractivity contribution in [3.8, 4) is 5.75 Å². The first-order valence-corrected chi connectivity index (χ1v) is 10.5. The van der Waals surface area contributed by atoms with Crippen LogP contribution in [-0.2, 0) is 5.41 Å². The van der Waals surface area contributed by atoms with E-state index in [0.717, 1.165) is 30.0 Å². The van der Waals surface area contributed by atoms with Crippen LogP contribution in [-0.4, -0.2) is 33.3 Å². The zero-order valence-electron chi connectivity index (χ0n) is 16.3. The highest BCUT2D eigenvalue weighted by atomic mass is 32.2. The number of benzene rings is 1. The highest BCUT2D eigenvalue weighted by molar-refractivity contribution is 7.99. The van der Waals surface area contributed by atoms with Crippen molar-refractivity contribution in [1.29, 1.82) is 0 Å². The number of hydrogen-bond donors (Lipinski definition) is 0. The van der Waals surface area contributed by atoms with E-state index in [-0.39, 0.29) is 16.6 Å². The van der Waals surface area contributed by atoms with Crippen molar-refractivity contribution in [3.63, 3.8) is 0 Å². The maximum Gasteiger partial charge on any atom is 0.209 e. The Kier molecular flexibility index (Phi) is 4.49. The smallest absolute Gasteiger partial charge is 0.209 e. The first-order chi connectivity index (χ1) is 12.9. The molecule has 0 N–H and O–H groups in total. The van der Waals surface area contributed by atoms with E-state index in [1.54, 1.807) is 12.1 Å². The zero-order chi connectivity index (χ0) is 19.2. The molecule has 1 saturated carbocycles. The second-order valence-electron chi connectivity index (χ2n) is 8.14. The molecule has 142 valence electrons. The molecule has 0 saturated heterocycles. The summed E-state index contributed by atoms with van der Waals surface area (Å²) < 4.78 is 5.42. The zero-order valence-corrected chi connectivity index (χ0v) is 17.1. The Morgan fingerprint density at radius 2 is 1.96 bits per heavy atom. The Balaban J connectivity index is 1.47. The van der Waals surface area contributed by atoms with Gasteiger partial charge in [-0.15, -0.1) is 5.10 Å². The van der Waals surface area contributed by atoms with Crippen LogP contribution >= 0.6 is 11.8 Å². The Bertz CT molecular complexity index is 881. The van der Waals surface area contributed by atoms with E-state index in [1.807, 2.05) is 19.1 Å². The third-order valence-corrected chi connectivity index (χ3v) is 7.43. The van der Waals surface area contributed by atoms with Crippen LogP contribution in [0.5, 0.6) is 5.75 Å². The molecule has 0 radical (unpaired) electrons. The van der Waals surface area contributed by atoms with E-state index in [0.29, 0.717) is 29.0 Å². The van der Waals surface area contributed by atoms with Gasteiger partial charge in [-0.25, -0.2) is 4.98 Å². The fourth-order valence-electron chi connectivity index (χ4n) is 4.54. The SMILES string of the molecule is CCOc1ccc(C(=O)CSc2nnc3c(n2)[C@]2(C)CC[C@@H]3C2(C)C)cc1. The van der Waals surface area contributed by atoms with Crippen molar-refractivity contribution < 1.29 is 9.53 Å². The van der Waals surface area contributed by atoms with E-state index in [9.17, 15) is 4.79 Å². The molecule has 1 aromatic carbocycles. The van der Waals surface area contributed by atoms with Crippen LogP contribution in [0.3, 0.4) is 0 Å². The molecule has 2 bridgehead atoms. The summed E-state index contributed by atoms with van der Waals surface area (Å²) >= 11 is 1.36. The van der Waals surface area contributed by atoms with Gasteiger partial charge in [0.05, 0.1) is 23.7 Å². The molecule has 27 heavy (non-hydrogen) atoms. The summed E-state index contributed by atoms with van der Waals surface area (Å²) in [6.07, 6.45) is 2.31. The third-order valence-electron chi connectivity index (χ3n) is 6.59. The van der Waals surface area contributed by atoms with Gasteiger partial charge < -0.3 is 4.74 Å². The molecule has 1 heterocycles. The number of aromatic nitrogens is 3. The van der Waals surface area contributed by atoms with Gasteiger partial charge in [0.1, 0.15) is 5.75 Å². The highest BCUT2D eigenvalue weighted by Crippen LogP contribution is 2.66. The van der Waals surface area contributed by atoms with Crippen molar-refractivity contribution in [2.75, 3.05) is 12.4 Å². The summed E-state index contributed by atoms with van der Waals surface area (Å²) in [4.78, 5) is 17.3. The predicted molar refractivity (Wildman–Crippen MR) is 106 cm³/mol. The molecule has 2 atom stereocenters. The van der Waals surface area contributed by atoms with Crippen molar-refractivity contribution >= 4 is 17.5 Å². The molecule has 0 aliphatic heterocycles. The molecule has 0 spiro atoms. The fraction of sp³-hybridized carbons (Fsp3) is 0.524. The molecule has 0 unspecified atom stereocenters. The number of thioether (sulfide) groups is 1. The fourth-order valence-corrected chi connectivity index (χ4v) is 5.22. The highest BCUT2D eigenvalue weighted by Gasteiger charge is 2.61. The number of nitrogens with zero attached hydrogens (tertiary/aromatic N) is 3. The molecule has 0 amide bonds. The van der Waals surface area contributed by atoms with Gasteiger partial charge in [-0.2, -0.15) is 5.10 Å². The van der Waals surface area contributed by atoms with Gasteiger partial charge >= 0.3 is 0 Å². The molecule has 2 aromatic rings. The normalized spacial score (nSPS) is 24.7. The van der Waals surface area contributed by atoms with E-state index < -0.39 is 0 Å². The summed E-state index contributed by atoms with van der Waals surface area (Å²) in [5.74, 6) is 1.58. The van der Waals surface area contributed by atoms with E-state index >= 15 is 0 Å². The van der Waals surface area contributed by atoms with Gasteiger partial charge in [0, 0.05) is 16.9 Å². The van der Waals surface area contributed by atoms with Crippen LogP contribution < -0.4 is 4.74 Å². The Morgan fingerprint density at radius 1 is 1.22 bits per heavy atom. The first kappa shape index (κ1) is 18.4. The van der Waals surface area contributed by atoms with Crippen LogP contribution in [0.15, 0.2) is 29.4 Å². The van der Waals surface area contributed by atoms with Gasteiger partial charge in [0.2, 0.25) is 5.16 Å². The molecule has 2 aliphatic rings. The van der Waals surface area contributed by atoms with Crippen LogP contribution in [0, 0.1) is 5.41 Å². The maximum absolute atomic E-state index is 12.5. The first-order valence-electron chi connectivity index (χ1n) is 9.51. The van der Waals surface area contributed by atoms with E-state index in [2.05, 4.69) is 31.0 Å². The standard InChI is InChI=1S/C21H25N3O2S/c1-5-26-14-8-6-13(7-9-14)16(25)12-27-19-22-18-17(23-24-19)15-10-11-21(18,4)20(15,2)3/h6-9,15H,5,10-12H2,1-4H3/t15-,21-/m0/s1. The monoisotopic (exact) mass is 383 g/mol. The van der Waals surface area contributed by atoms with Crippen LogP contribution in [0.25, 0.3) is 0 Å². The second-order valence-corrected chi connectivity index (χ2v) is 9.09. The van der Waals surface area contributed by atoms with Crippen molar-refractivity contribution in [2.45, 2.75) is 57.0 Å². The third kappa shape index (κ3) is 2.85. The molecular weight excluding hydrogens is 358 g/mol. The molecule has 6 heteroatoms. The number of hydrogen-bond acceptors (Lipinski definition) is 6. The van der Waals surface area contributed by atoms with Crippen molar-refractivity contribution in [1.82, 2.24) is 15.2 Å². The lowest BCUT2D eigenvalue weighted by molar-refractivity contribution is 0.102. The van der Waals surface area contributed by atoms with Gasteiger partial charge in [0.25, 0.3) is 0 Å². The Hall–Kier alpha value is -1.95. The number of fused-ring (bicyclic) bond motifs is 5. The number of ketones is 1.